The van der Waals surface area contributed by atoms with Crippen molar-refractivity contribution in [1.82, 2.24) is 24.1 Å². The summed E-state index contributed by atoms with van der Waals surface area (Å²) in [6.45, 7) is 1.35. The molecule has 0 bridgehead atoms. The summed E-state index contributed by atoms with van der Waals surface area (Å²) in [7, 11) is -1.35. The van der Waals surface area contributed by atoms with Crippen LogP contribution in [0.4, 0.5) is 26.3 Å². The van der Waals surface area contributed by atoms with Crippen molar-refractivity contribution in [2.45, 2.75) is 24.3 Å². The Labute approximate surface area is 205 Å². The fraction of sp³-hybridized carbons (Fsp3) is 0.273. The number of hydrogen-bond acceptors (Lipinski definition) is 6. The molecule has 4 rings (SSSR count). The highest BCUT2D eigenvalue weighted by Crippen LogP contribution is 2.38. The van der Waals surface area contributed by atoms with Gasteiger partial charge in [-0.3, -0.25) is 0 Å². The number of fused-ring (bicyclic) bond motifs is 1. The van der Waals surface area contributed by atoms with Crippen LogP contribution in [0.1, 0.15) is 23.7 Å². The minimum Gasteiger partial charge on any atom is -0.324 e. The minimum atomic E-state index is -4.87. The van der Waals surface area contributed by atoms with Crippen LogP contribution in [0, 0.1) is 11.3 Å². The zero-order valence-electron chi connectivity index (χ0n) is 19.3. The second kappa shape index (κ2) is 8.58. The van der Waals surface area contributed by atoms with E-state index in [-0.39, 0.29) is 39.0 Å². The van der Waals surface area contributed by atoms with Crippen molar-refractivity contribution in [1.29, 1.82) is 5.26 Å². The van der Waals surface area contributed by atoms with E-state index in [2.05, 4.69) is 15.0 Å². The van der Waals surface area contributed by atoms with Crippen molar-refractivity contribution in [3.8, 4) is 29.0 Å². The van der Waals surface area contributed by atoms with Gasteiger partial charge in [-0.15, -0.1) is 0 Å². The summed E-state index contributed by atoms with van der Waals surface area (Å²) in [4.78, 5) is 11.8. The Morgan fingerprint density at radius 2 is 1.65 bits per heavy atom. The predicted octanol–water partition coefficient (Wildman–Crippen LogP) is 4.74. The summed E-state index contributed by atoms with van der Waals surface area (Å²) < 4.78 is 108. The molecule has 0 spiro atoms. The average Bonchev–Trinajstić information content (AvgIpc) is 3.34. The third-order valence-electron chi connectivity index (χ3n) is 5.69. The van der Waals surface area contributed by atoms with Gasteiger partial charge in [-0.1, -0.05) is 6.92 Å². The van der Waals surface area contributed by atoms with Crippen LogP contribution in [0.25, 0.3) is 33.9 Å². The van der Waals surface area contributed by atoms with Crippen LogP contribution in [0.15, 0.2) is 35.5 Å². The van der Waals surface area contributed by atoms with E-state index in [0.717, 1.165) is 16.8 Å². The normalized spacial score (nSPS) is 12.8. The van der Waals surface area contributed by atoms with Gasteiger partial charge in [0.05, 0.1) is 40.2 Å². The summed E-state index contributed by atoms with van der Waals surface area (Å²) in [5.41, 5.74) is -3.44. The van der Waals surface area contributed by atoms with Gasteiger partial charge in [-0.2, -0.15) is 31.6 Å². The number of hydrogen-bond donors (Lipinski definition) is 0. The number of halogens is 6. The highest BCUT2D eigenvalue weighted by molar-refractivity contribution is 7.91. The minimum absolute atomic E-state index is 0.130. The molecule has 0 aliphatic rings. The molecule has 1 aromatic carbocycles. The number of sulfone groups is 1. The molecule has 3 heterocycles. The molecule has 0 N–H and O–H groups in total. The third-order valence-corrected chi connectivity index (χ3v) is 7.51. The first-order chi connectivity index (χ1) is 17.1. The van der Waals surface area contributed by atoms with Gasteiger partial charge in [0.15, 0.2) is 20.7 Å². The van der Waals surface area contributed by atoms with Crippen molar-refractivity contribution in [3.63, 3.8) is 0 Å². The monoisotopic (exact) mass is 542 g/mol. The van der Waals surface area contributed by atoms with Crippen LogP contribution in [0.2, 0.25) is 0 Å². The molecule has 0 radical (unpaired) electrons. The van der Waals surface area contributed by atoms with Gasteiger partial charge in [0, 0.05) is 19.7 Å². The molecule has 0 saturated carbocycles. The zero-order chi connectivity index (χ0) is 27.5. The van der Waals surface area contributed by atoms with Crippen LogP contribution in [0.5, 0.6) is 0 Å². The smallest absolute Gasteiger partial charge is 0.324 e. The third kappa shape index (κ3) is 4.41. The number of aryl methyl sites for hydroxylation is 1. The van der Waals surface area contributed by atoms with E-state index in [9.17, 15) is 34.8 Å². The molecule has 15 heteroatoms. The van der Waals surface area contributed by atoms with Crippen LogP contribution in [-0.2, 0) is 36.3 Å². The molecular weight excluding hydrogens is 526 g/mol. The maximum atomic E-state index is 13.5. The summed E-state index contributed by atoms with van der Waals surface area (Å²) in [6, 6.07) is 4.99. The van der Waals surface area contributed by atoms with Gasteiger partial charge in [0.25, 0.3) is 0 Å². The average molecular weight is 542 g/mol. The van der Waals surface area contributed by atoms with Gasteiger partial charge in [-0.05, 0) is 24.3 Å². The van der Waals surface area contributed by atoms with Crippen LogP contribution >= 0.6 is 0 Å². The molecule has 0 amide bonds. The maximum absolute atomic E-state index is 13.5. The summed E-state index contributed by atoms with van der Waals surface area (Å²) >= 11 is 0. The van der Waals surface area contributed by atoms with Crippen molar-refractivity contribution in [3.05, 3.63) is 47.3 Å². The molecule has 0 atom stereocenters. The van der Waals surface area contributed by atoms with E-state index in [1.165, 1.54) is 37.7 Å². The first-order valence-corrected chi connectivity index (χ1v) is 12.1. The summed E-state index contributed by atoms with van der Waals surface area (Å²) in [6.07, 6.45) is -8.68. The Morgan fingerprint density at radius 3 is 2.22 bits per heavy atom. The lowest BCUT2D eigenvalue weighted by Gasteiger charge is -2.11. The first-order valence-electron chi connectivity index (χ1n) is 10.4. The Morgan fingerprint density at radius 1 is 0.973 bits per heavy atom. The second-order valence-corrected chi connectivity index (χ2v) is 10.2. The van der Waals surface area contributed by atoms with E-state index < -0.39 is 44.8 Å². The number of aromatic nitrogens is 5. The van der Waals surface area contributed by atoms with Crippen molar-refractivity contribution < 1.29 is 34.8 Å². The second-order valence-electron chi connectivity index (χ2n) is 7.97. The fourth-order valence-electron chi connectivity index (χ4n) is 3.85. The zero-order valence-corrected chi connectivity index (χ0v) is 20.1. The molecule has 3 aromatic heterocycles. The fourth-order valence-corrected chi connectivity index (χ4v) is 5.06. The van der Waals surface area contributed by atoms with Crippen molar-refractivity contribution >= 4 is 20.9 Å². The highest BCUT2D eigenvalue weighted by Gasteiger charge is 2.36. The summed E-state index contributed by atoms with van der Waals surface area (Å²) in [5, 5.41) is 8.68. The standard InChI is InChI=1S/C22H16F6N6O2S/c1-4-37(35,36)20-17(19-31-14-8-16(22(26,27)28)30-10-15(14)33(19)2)32-18(34(20)3)11-5-6-12(9-29)13(7-11)21(23,24)25/h5-8,10H,4H2,1-3H3. The number of imidazole rings is 2. The van der Waals surface area contributed by atoms with E-state index >= 15 is 0 Å². The van der Waals surface area contributed by atoms with Crippen LogP contribution in [-0.4, -0.2) is 38.3 Å². The van der Waals surface area contributed by atoms with Gasteiger partial charge >= 0.3 is 12.4 Å². The maximum Gasteiger partial charge on any atom is 0.433 e. The Kier molecular flexibility index (Phi) is 6.06. The van der Waals surface area contributed by atoms with E-state index in [0.29, 0.717) is 12.1 Å². The highest BCUT2D eigenvalue weighted by atomic mass is 32.2. The van der Waals surface area contributed by atoms with Gasteiger partial charge in [-0.25, -0.2) is 23.4 Å². The molecule has 37 heavy (non-hydrogen) atoms. The molecule has 4 aromatic rings. The number of alkyl halides is 6. The molecule has 0 fully saturated rings. The topological polar surface area (TPSA) is 106 Å². The van der Waals surface area contributed by atoms with E-state index in [1.807, 2.05) is 0 Å². The van der Waals surface area contributed by atoms with Crippen LogP contribution in [0.3, 0.4) is 0 Å². The molecule has 0 aliphatic heterocycles. The largest absolute Gasteiger partial charge is 0.433 e. The molecule has 0 saturated heterocycles. The molecular formula is C22H16F6N6O2S. The van der Waals surface area contributed by atoms with E-state index in [1.54, 1.807) is 0 Å². The Hall–Kier alpha value is -3.93. The van der Waals surface area contributed by atoms with Gasteiger partial charge in [0.2, 0.25) is 0 Å². The number of rotatable bonds is 4. The lowest BCUT2D eigenvalue weighted by atomic mass is 10.0. The number of nitrogens with zero attached hydrogens (tertiary/aromatic N) is 6. The Balaban J connectivity index is 2.02. The number of pyridine rings is 1. The SMILES string of the molecule is CCS(=O)(=O)c1c(-c2nc3cc(C(F)(F)F)ncc3n2C)nc(-c2ccc(C#N)c(C(F)(F)F)c2)n1C. The van der Waals surface area contributed by atoms with Crippen molar-refractivity contribution in [2.24, 2.45) is 14.1 Å². The molecule has 194 valence electrons. The first kappa shape index (κ1) is 26.1. The predicted molar refractivity (Wildman–Crippen MR) is 119 cm³/mol. The number of nitriles is 1. The molecule has 0 unspecified atom stereocenters. The quantitative estimate of drug-likeness (QED) is 0.345. The van der Waals surface area contributed by atoms with Gasteiger partial charge in [0.1, 0.15) is 17.2 Å². The number of benzene rings is 1. The molecule has 0 aliphatic carbocycles. The Bertz CT molecular complexity index is 1690. The van der Waals surface area contributed by atoms with E-state index in [4.69, 9.17) is 5.26 Å². The van der Waals surface area contributed by atoms with Crippen LogP contribution < -0.4 is 0 Å². The van der Waals surface area contributed by atoms with Crippen molar-refractivity contribution in [2.75, 3.05) is 5.75 Å². The lowest BCUT2D eigenvalue weighted by Crippen LogP contribution is -2.12. The molecule has 8 nitrogen and oxygen atoms in total. The lowest BCUT2D eigenvalue weighted by molar-refractivity contribution is -0.141. The van der Waals surface area contributed by atoms with Gasteiger partial charge < -0.3 is 9.13 Å². The summed E-state index contributed by atoms with van der Waals surface area (Å²) in [5.74, 6) is -0.711.